The zero-order valence-corrected chi connectivity index (χ0v) is 10.6. The first-order valence-electron chi connectivity index (χ1n) is 5.50. The zero-order chi connectivity index (χ0) is 13.0. The van der Waals surface area contributed by atoms with Gasteiger partial charge in [0.05, 0.1) is 11.0 Å². The fraction of sp³-hybridized carbons (Fsp3) is 0.500. The molecule has 0 heterocycles. The summed E-state index contributed by atoms with van der Waals surface area (Å²) < 4.78 is 5.21. The third-order valence-corrected chi connectivity index (χ3v) is 2.96. The van der Waals surface area contributed by atoms with Gasteiger partial charge in [-0.15, -0.1) is 0 Å². The van der Waals surface area contributed by atoms with Crippen molar-refractivity contribution in [3.63, 3.8) is 0 Å². The molecule has 0 aliphatic rings. The van der Waals surface area contributed by atoms with E-state index in [0.717, 1.165) is 5.69 Å². The Labute approximate surface area is 101 Å². The highest BCUT2D eigenvalue weighted by molar-refractivity contribution is 5.60. The summed E-state index contributed by atoms with van der Waals surface area (Å²) >= 11 is 0. The van der Waals surface area contributed by atoms with Gasteiger partial charge in [-0.25, -0.2) is 0 Å². The van der Waals surface area contributed by atoms with Crippen LogP contribution >= 0.6 is 0 Å². The fourth-order valence-corrected chi connectivity index (χ4v) is 1.54. The van der Waals surface area contributed by atoms with Crippen molar-refractivity contribution >= 4 is 11.4 Å². The van der Waals surface area contributed by atoms with Crippen LogP contribution in [0.3, 0.4) is 0 Å². The first kappa shape index (κ1) is 13.4. The fourth-order valence-electron chi connectivity index (χ4n) is 1.54. The van der Waals surface area contributed by atoms with Gasteiger partial charge in [0.1, 0.15) is 0 Å². The lowest BCUT2D eigenvalue weighted by Crippen LogP contribution is -2.30. The number of rotatable bonds is 5. The summed E-state index contributed by atoms with van der Waals surface area (Å²) in [6.45, 7) is 5.67. The van der Waals surface area contributed by atoms with Crippen LogP contribution in [0.1, 0.15) is 19.4 Å². The van der Waals surface area contributed by atoms with Gasteiger partial charge in [-0.2, -0.15) is 0 Å². The Morgan fingerprint density at radius 2 is 2.06 bits per heavy atom. The van der Waals surface area contributed by atoms with Crippen molar-refractivity contribution in [2.45, 2.75) is 32.9 Å². The molecule has 1 aromatic carbocycles. The van der Waals surface area contributed by atoms with Gasteiger partial charge in [0.2, 0.25) is 0 Å². The first-order valence-corrected chi connectivity index (χ1v) is 5.50. The SMILES string of the molecule is COC(C)C(C)Nc1cccc([N+](=O)[O-])c1C. The Balaban J connectivity index is 2.92. The van der Waals surface area contributed by atoms with Crippen molar-refractivity contribution in [1.82, 2.24) is 0 Å². The maximum absolute atomic E-state index is 10.8. The molecule has 0 radical (unpaired) electrons. The summed E-state index contributed by atoms with van der Waals surface area (Å²) in [7, 11) is 1.64. The van der Waals surface area contributed by atoms with Crippen molar-refractivity contribution in [3.8, 4) is 0 Å². The first-order chi connectivity index (χ1) is 7.97. The highest BCUT2D eigenvalue weighted by atomic mass is 16.6. The van der Waals surface area contributed by atoms with E-state index in [-0.39, 0.29) is 22.8 Å². The van der Waals surface area contributed by atoms with Crippen LogP contribution in [0.2, 0.25) is 0 Å². The van der Waals surface area contributed by atoms with E-state index in [1.807, 2.05) is 19.9 Å². The van der Waals surface area contributed by atoms with E-state index in [1.54, 1.807) is 20.1 Å². The van der Waals surface area contributed by atoms with Gasteiger partial charge in [-0.3, -0.25) is 10.1 Å². The number of anilines is 1. The van der Waals surface area contributed by atoms with Crippen LogP contribution in [0.5, 0.6) is 0 Å². The Kier molecular flexibility index (Phi) is 4.45. The standard InChI is InChI=1S/C12H18N2O3/c1-8-11(13-9(2)10(3)17-4)6-5-7-12(8)14(15)16/h5-7,9-10,13H,1-4H3. The van der Waals surface area contributed by atoms with E-state index < -0.39 is 0 Å². The molecule has 17 heavy (non-hydrogen) atoms. The number of nitro groups is 1. The Morgan fingerprint density at radius 1 is 1.41 bits per heavy atom. The van der Waals surface area contributed by atoms with Crippen LogP contribution in [0.15, 0.2) is 18.2 Å². The minimum Gasteiger partial charge on any atom is -0.380 e. The lowest BCUT2D eigenvalue weighted by molar-refractivity contribution is -0.385. The molecule has 1 rings (SSSR count). The van der Waals surface area contributed by atoms with Crippen LogP contribution < -0.4 is 5.32 Å². The number of ether oxygens (including phenoxy) is 1. The van der Waals surface area contributed by atoms with Gasteiger partial charge in [-0.05, 0) is 26.8 Å². The molecule has 0 aliphatic carbocycles. The summed E-state index contributed by atoms with van der Waals surface area (Å²) in [5.41, 5.74) is 1.55. The normalized spacial score (nSPS) is 14.1. The minimum absolute atomic E-state index is 0.0358. The van der Waals surface area contributed by atoms with E-state index in [2.05, 4.69) is 5.32 Å². The summed E-state index contributed by atoms with van der Waals surface area (Å²) in [6, 6.07) is 5.10. The second-order valence-corrected chi connectivity index (χ2v) is 4.08. The van der Waals surface area contributed by atoms with E-state index in [9.17, 15) is 10.1 Å². The lowest BCUT2D eigenvalue weighted by atomic mass is 10.1. The molecular weight excluding hydrogens is 220 g/mol. The summed E-state index contributed by atoms with van der Waals surface area (Å²) in [4.78, 5) is 10.4. The van der Waals surface area contributed by atoms with Gasteiger partial charge in [0.25, 0.3) is 5.69 Å². The van der Waals surface area contributed by atoms with E-state index in [4.69, 9.17) is 4.74 Å². The quantitative estimate of drug-likeness (QED) is 0.632. The molecule has 1 aromatic rings. The van der Waals surface area contributed by atoms with Crippen LogP contribution in [0.25, 0.3) is 0 Å². The summed E-state index contributed by atoms with van der Waals surface area (Å²) in [5, 5.41) is 14.0. The molecule has 2 unspecified atom stereocenters. The van der Waals surface area contributed by atoms with Crippen LogP contribution in [0, 0.1) is 17.0 Å². The Morgan fingerprint density at radius 3 is 2.59 bits per heavy atom. The number of nitrogens with one attached hydrogen (secondary N) is 1. The average molecular weight is 238 g/mol. The number of nitrogens with zero attached hydrogens (tertiary/aromatic N) is 1. The molecule has 5 nitrogen and oxygen atoms in total. The molecule has 5 heteroatoms. The zero-order valence-electron chi connectivity index (χ0n) is 10.6. The number of nitro benzene ring substituents is 1. The number of benzene rings is 1. The maximum Gasteiger partial charge on any atom is 0.274 e. The highest BCUT2D eigenvalue weighted by Gasteiger charge is 2.16. The van der Waals surface area contributed by atoms with Gasteiger partial charge in [-0.1, -0.05) is 6.07 Å². The number of hydrogen-bond acceptors (Lipinski definition) is 4. The third kappa shape index (κ3) is 3.17. The van der Waals surface area contributed by atoms with Gasteiger partial charge in [0, 0.05) is 30.5 Å². The van der Waals surface area contributed by atoms with Crippen LogP contribution in [0.4, 0.5) is 11.4 Å². The molecule has 0 spiro atoms. The van der Waals surface area contributed by atoms with E-state index in [0.29, 0.717) is 5.56 Å². The Bertz CT molecular complexity index is 407. The molecular formula is C12H18N2O3. The molecule has 0 aromatic heterocycles. The molecule has 0 fully saturated rings. The molecule has 0 saturated carbocycles. The lowest BCUT2D eigenvalue weighted by Gasteiger charge is -2.22. The Hall–Kier alpha value is -1.62. The van der Waals surface area contributed by atoms with Crippen molar-refractivity contribution in [3.05, 3.63) is 33.9 Å². The molecule has 0 aliphatic heterocycles. The molecule has 2 atom stereocenters. The largest absolute Gasteiger partial charge is 0.380 e. The van der Waals surface area contributed by atoms with Crippen molar-refractivity contribution in [1.29, 1.82) is 0 Å². The molecule has 94 valence electrons. The minimum atomic E-state index is -0.370. The monoisotopic (exact) mass is 238 g/mol. The topological polar surface area (TPSA) is 64.4 Å². The number of hydrogen-bond donors (Lipinski definition) is 1. The average Bonchev–Trinajstić information content (AvgIpc) is 2.30. The second kappa shape index (κ2) is 5.63. The van der Waals surface area contributed by atoms with Crippen LogP contribution in [-0.2, 0) is 4.74 Å². The summed E-state index contributed by atoms with van der Waals surface area (Å²) in [5.74, 6) is 0. The molecule has 0 amide bonds. The van der Waals surface area contributed by atoms with Crippen LogP contribution in [-0.4, -0.2) is 24.2 Å². The second-order valence-electron chi connectivity index (χ2n) is 4.08. The van der Waals surface area contributed by atoms with Gasteiger partial charge < -0.3 is 10.1 Å². The van der Waals surface area contributed by atoms with Crippen molar-refractivity contribution in [2.75, 3.05) is 12.4 Å². The number of methoxy groups -OCH3 is 1. The third-order valence-electron chi connectivity index (χ3n) is 2.96. The molecule has 0 bridgehead atoms. The van der Waals surface area contributed by atoms with Crippen molar-refractivity contribution < 1.29 is 9.66 Å². The van der Waals surface area contributed by atoms with Crippen molar-refractivity contribution in [2.24, 2.45) is 0 Å². The van der Waals surface area contributed by atoms with E-state index >= 15 is 0 Å². The summed E-state index contributed by atoms with van der Waals surface area (Å²) in [6.07, 6.45) is 0.0358. The smallest absolute Gasteiger partial charge is 0.274 e. The maximum atomic E-state index is 10.8. The predicted molar refractivity (Wildman–Crippen MR) is 67.4 cm³/mol. The predicted octanol–water partition coefficient (Wildman–Crippen LogP) is 2.74. The molecule has 0 saturated heterocycles. The highest BCUT2D eigenvalue weighted by Crippen LogP contribution is 2.25. The molecule has 1 N–H and O–H groups in total. The van der Waals surface area contributed by atoms with Gasteiger partial charge >= 0.3 is 0 Å². The van der Waals surface area contributed by atoms with E-state index in [1.165, 1.54) is 6.07 Å². The van der Waals surface area contributed by atoms with Gasteiger partial charge in [0.15, 0.2) is 0 Å².